The molecule has 0 radical (unpaired) electrons. The summed E-state index contributed by atoms with van der Waals surface area (Å²) in [5.41, 5.74) is 6.13. The Hall–Kier alpha value is -2.57. The van der Waals surface area contributed by atoms with Crippen molar-refractivity contribution in [3.63, 3.8) is 0 Å². The van der Waals surface area contributed by atoms with Gasteiger partial charge in [0.25, 0.3) is 0 Å². The molecule has 7 heteroatoms. The zero-order valence-electron chi connectivity index (χ0n) is 11.1. The van der Waals surface area contributed by atoms with E-state index in [9.17, 15) is 14.4 Å². The van der Waals surface area contributed by atoms with Crippen LogP contribution < -0.4 is 16.4 Å². The zero-order valence-corrected chi connectivity index (χ0v) is 11.1. The van der Waals surface area contributed by atoms with Crippen LogP contribution >= 0.6 is 0 Å². The maximum absolute atomic E-state index is 11.4. The highest BCUT2D eigenvalue weighted by atomic mass is 16.4. The fourth-order valence-corrected chi connectivity index (χ4v) is 1.45. The van der Waals surface area contributed by atoms with Crippen molar-refractivity contribution < 1.29 is 19.5 Å². The van der Waals surface area contributed by atoms with Gasteiger partial charge in [0, 0.05) is 6.54 Å². The van der Waals surface area contributed by atoms with Crippen molar-refractivity contribution >= 4 is 17.9 Å². The largest absolute Gasteiger partial charge is 0.478 e. The van der Waals surface area contributed by atoms with Crippen LogP contribution in [0.25, 0.3) is 0 Å². The number of carbonyl (C=O) groups is 3. The van der Waals surface area contributed by atoms with E-state index in [1.807, 2.05) is 0 Å². The van der Waals surface area contributed by atoms with Gasteiger partial charge in [0.05, 0.1) is 5.56 Å². The predicted molar refractivity (Wildman–Crippen MR) is 72.3 cm³/mol. The smallest absolute Gasteiger partial charge is 0.335 e. The molecule has 5 N–H and O–H groups in total. The lowest BCUT2D eigenvalue weighted by atomic mass is 10.1. The molecular weight excluding hydrogens is 262 g/mol. The Labute approximate surface area is 116 Å². The van der Waals surface area contributed by atoms with Gasteiger partial charge in [-0.2, -0.15) is 0 Å². The Kier molecular flexibility index (Phi) is 5.52. The van der Waals surface area contributed by atoms with Crippen LogP contribution in [0.5, 0.6) is 0 Å². The van der Waals surface area contributed by atoms with Gasteiger partial charge in [-0.25, -0.2) is 9.59 Å². The molecule has 0 aliphatic rings. The summed E-state index contributed by atoms with van der Waals surface area (Å²) in [6, 6.07) is 5.19. The fraction of sp³-hybridized carbons (Fsp3) is 0.308. The van der Waals surface area contributed by atoms with Crippen LogP contribution in [0.1, 0.15) is 22.8 Å². The van der Waals surface area contributed by atoms with Gasteiger partial charge in [-0.05, 0) is 31.0 Å². The Morgan fingerprint density at radius 3 is 2.35 bits per heavy atom. The third-order valence-electron chi connectivity index (χ3n) is 2.67. The lowest BCUT2D eigenvalue weighted by Crippen LogP contribution is -2.47. The highest BCUT2D eigenvalue weighted by Gasteiger charge is 2.11. The lowest BCUT2D eigenvalue weighted by Gasteiger charge is -2.11. The van der Waals surface area contributed by atoms with Gasteiger partial charge in [0.2, 0.25) is 5.91 Å². The minimum atomic E-state index is -0.977. The number of rotatable bonds is 6. The second-order valence-electron chi connectivity index (χ2n) is 4.28. The molecule has 0 fully saturated rings. The van der Waals surface area contributed by atoms with Crippen molar-refractivity contribution in [2.24, 2.45) is 5.73 Å². The van der Waals surface area contributed by atoms with Crippen molar-refractivity contribution in [3.05, 3.63) is 35.4 Å². The van der Waals surface area contributed by atoms with Crippen molar-refractivity contribution in [1.29, 1.82) is 0 Å². The summed E-state index contributed by atoms with van der Waals surface area (Å²) >= 11 is 0. The molecule has 1 aromatic carbocycles. The number of carboxylic acids is 1. The standard InChI is InChI=1S/C13H17N3O4/c1-8(11(14)17)16-13(20)15-7-6-9-2-4-10(5-3-9)12(18)19/h2-5,8H,6-7H2,1H3,(H2,14,17)(H,18,19)(H2,15,16,20). The Morgan fingerprint density at radius 2 is 1.85 bits per heavy atom. The molecule has 1 aromatic rings. The Morgan fingerprint density at radius 1 is 1.25 bits per heavy atom. The highest BCUT2D eigenvalue weighted by Crippen LogP contribution is 2.04. The highest BCUT2D eigenvalue weighted by molar-refractivity contribution is 5.87. The fourth-order valence-electron chi connectivity index (χ4n) is 1.45. The van der Waals surface area contributed by atoms with Crippen LogP contribution in [0, 0.1) is 0 Å². The molecule has 0 saturated carbocycles. The third kappa shape index (κ3) is 4.97. The first kappa shape index (κ1) is 15.5. The van der Waals surface area contributed by atoms with E-state index in [-0.39, 0.29) is 5.56 Å². The molecular formula is C13H17N3O4. The van der Waals surface area contributed by atoms with E-state index in [4.69, 9.17) is 10.8 Å². The summed E-state index contributed by atoms with van der Waals surface area (Å²) in [5, 5.41) is 13.7. The number of hydrogen-bond donors (Lipinski definition) is 4. The van der Waals surface area contributed by atoms with Crippen molar-refractivity contribution in [2.75, 3.05) is 6.54 Å². The summed E-state index contributed by atoms with van der Waals surface area (Å²) in [7, 11) is 0. The summed E-state index contributed by atoms with van der Waals surface area (Å²) in [6.45, 7) is 1.86. The molecule has 1 unspecified atom stereocenters. The number of aromatic carboxylic acids is 1. The van der Waals surface area contributed by atoms with Crippen molar-refractivity contribution in [3.8, 4) is 0 Å². The van der Waals surface area contributed by atoms with Crippen molar-refractivity contribution in [2.45, 2.75) is 19.4 Å². The number of amides is 3. The molecule has 0 saturated heterocycles. The van der Waals surface area contributed by atoms with E-state index in [2.05, 4.69) is 10.6 Å². The van der Waals surface area contributed by atoms with Gasteiger partial charge in [0.1, 0.15) is 6.04 Å². The first-order chi connectivity index (χ1) is 9.40. The van der Waals surface area contributed by atoms with E-state index < -0.39 is 23.9 Å². The van der Waals surface area contributed by atoms with Crippen molar-refractivity contribution in [1.82, 2.24) is 10.6 Å². The number of hydrogen-bond acceptors (Lipinski definition) is 3. The molecule has 1 atom stereocenters. The molecule has 1 rings (SSSR count). The number of nitrogens with two attached hydrogens (primary N) is 1. The van der Waals surface area contributed by atoms with E-state index in [0.29, 0.717) is 13.0 Å². The Bertz CT molecular complexity index is 499. The number of carboxylic acid groups (broad SMARTS) is 1. The topological polar surface area (TPSA) is 122 Å². The second-order valence-corrected chi connectivity index (χ2v) is 4.28. The summed E-state index contributed by atoms with van der Waals surface area (Å²) < 4.78 is 0. The molecule has 0 heterocycles. The summed E-state index contributed by atoms with van der Waals surface area (Å²) in [4.78, 5) is 32.8. The quantitative estimate of drug-likeness (QED) is 0.590. The maximum Gasteiger partial charge on any atom is 0.335 e. The van der Waals surface area contributed by atoms with E-state index in [1.165, 1.54) is 19.1 Å². The monoisotopic (exact) mass is 279 g/mol. The third-order valence-corrected chi connectivity index (χ3v) is 2.67. The lowest BCUT2D eigenvalue weighted by molar-refractivity contribution is -0.119. The SMILES string of the molecule is CC(NC(=O)NCCc1ccc(C(=O)O)cc1)C(N)=O. The van der Waals surface area contributed by atoms with Crippen LogP contribution in [0.4, 0.5) is 4.79 Å². The van der Waals surface area contributed by atoms with Crippen LogP contribution in [-0.4, -0.2) is 35.6 Å². The normalized spacial score (nSPS) is 11.4. The van der Waals surface area contributed by atoms with Crippen LogP contribution in [0.15, 0.2) is 24.3 Å². The second kappa shape index (κ2) is 7.13. The average Bonchev–Trinajstić information content (AvgIpc) is 2.39. The minimum absolute atomic E-state index is 0.217. The first-order valence-corrected chi connectivity index (χ1v) is 6.06. The number of carbonyl (C=O) groups excluding carboxylic acids is 2. The molecule has 7 nitrogen and oxygen atoms in total. The van der Waals surface area contributed by atoms with E-state index in [1.54, 1.807) is 12.1 Å². The van der Waals surface area contributed by atoms with Gasteiger partial charge in [-0.3, -0.25) is 4.79 Å². The number of primary amides is 1. The van der Waals surface area contributed by atoms with Crippen LogP contribution in [0.3, 0.4) is 0 Å². The number of urea groups is 1. The molecule has 3 amide bonds. The predicted octanol–water partition coefficient (Wildman–Crippen LogP) is 0.100. The van der Waals surface area contributed by atoms with Crippen LogP contribution in [0.2, 0.25) is 0 Å². The van der Waals surface area contributed by atoms with Gasteiger partial charge >= 0.3 is 12.0 Å². The molecule has 0 aliphatic heterocycles. The van der Waals surface area contributed by atoms with E-state index >= 15 is 0 Å². The minimum Gasteiger partial charge on any atom is -0.478 e. The molecule has 0 spiro atoms. The maximum atomic E-state index is 11.4. The summed E-state index contributed by atoms with van der Waals surface area (Å²) in [6.07, 6.45) is 0.554. The van der Waals surface area contributed by atoms with Gasteiger partial charge in [-0.1, -0.05) is 12.1 Å². The van der Waals surface area contributed by atoms with Gasteiger partial charge in [-0.15, -0.1) is 0 Å². The molecule has 108 valence electrons. The first-order valence-electron chi connectivity index (χ1n) is 6.06. The van der Waals surface area contributed by atoms with Gasteiger partial charge < -0.3 is 21.5 Å². The Balaban J connectivity index is 2.35. The van der Waals surface area contributed by atoms with Crippen LogP contribution in [-0.2, 0) is 11.2 Å². The van der Waals surface area contributed by atoms with Gasteiger partial charge in [0.15, 0.2) is 0 Å². The average molecular weight is 279 g/mol. The molecule has 0 aromatic heterocycles. The number of nitrogens with one attached hydrogen (secondary N) is 2. The molecule has 0 bridgehead atoms. The number of benzene rings is 1. The summed E-state index contributed by atoms with van der Waals surface area (Å²) in [5.74, 6) is -1.58. The van der Waals surface area contributed by atoms with E-state index in [0.717, 1.165) is 5.56 Å². The zero-order chi connectivity index (χ0) is 15.1. The molecule has 20 heavy (non-hydrogen) atoms. The molecule has 0 aliphatic carbocycles.